The number of hydrogen-bond acceptors (Lipinski definition) is 3. The largest absolute Gasteiger partial charge is 0.365 e. The SMILES string of the molecule is NC(=O)c1c(-c2ccc(F)c(Cl)c2)nn2c1CN(C(=O)C1CCC1)CC2. The Morgan fingerprint density at radius 1 is 1.27 bits per heavy atom. The predicted molar refractivity (Wildman–Crippen MR) is 93.9 cm³/mol. The molecule has 0 bridgehead atoms. The summed E-state index contributed by atoms with van der Waals surface area (Å²) in [4.78, 5) is 26.4. The lowest BCUT2D eigenvalue weighted by Gasteiger charge is -2.34. The lowest BCUT2D eigenvalue weighted by atomic mass is 9.84. The van der Waals surface area contributed by atoms with Gasteiger partial charge in [0.1, 0.15) is 11.5 Å². The Hall–Kier alpha value is -2.41. The van der Waals surface area contributed by atoms with Crippen molar-refractivity contribution < 1.29 is 14.0 Å². The molecule has 1 aromatic heterocycles. The van der Waals surface area contributed by atoms with E-state index in [1.807, 2.05) is 0 Å². The molecule has 1 aromatic carbocycles. The van der Waals surface area contributed by atoms with Crippen molar-refractivity contribution in [1.29, 1.82) is 0 Å². The second kappa shape index (κ2) is 6.39. The maximum atomic E-state index is 13.5. The van der Waals surface area contributed by atoms with Crippen LogP contribution in [0.3, 0.4) is 0 Å². The van der Waals surface area contributed by atoms with Crippen molar-refractivity contribution >= 4 is 23.4 Å². The summed E-state index contributed by atoms with van der Waals surface area (Å²) in [7, 11) is 0. The van der Waals surface area contributed by atoms with Crippen LogP contribution in [0, 0.1) is 11.7 Å². The molecule has 1 fully saturated rings. The van der Waals surface area contributed by atoms with E-state index in [1.54, 1.807) is 9.58 Å². The minimum absolute atomic E-state index is 0.0503. The number of nitrogens with zero attached hydrogens (tertiary/aromatic N) is 3. The van der Waals surface area contributed by atoms with Crippen LogP contribution in [-0.2, 0) is 17.9 Å². The second-order valence-corrected chi connectivity index (χ2v) is 7.18. The van der Waals surface area contributed by atoms with Crippen LogP contribution in [0.4, 0.5) is 4.39 Å². The Labute approximate surface area is 154 Å². The number of aromatic nitrogens is 2. The summed E-state index contributed by atoms with van der Waals surface area (Å²) in [6.45, 7) is 1.34. The van der Waals surface area contributed by atoms with E-state index in [4.69, 9.17) is 17.3 Å². The Balaban J connectivity index is 1.72. The van der Waals surface area contributed by atoms with Gasteiger partial charge in [0.15, 0.2) is 0 Å². The molecule has 1 aliphatic heterocycles. The second-order valence-electron chi connectivity index (χ2n) is 6.77. The van der Waals surface area contributed by atoms with E-state index in [2.05, 4.69) is 5.10 Å². The maximum Gasteiger partial charge on any atom is 0.252 e. The first-order chi connectivity index (χ1) is 12.5. The highest BCUT2D eigenvalue weighted by atomic mass is 35.5. The van der Waals surface area contributed by atoms with Crippen molar-refractivity contribution in [1.82, 2.24) is 14.7 Å². The van der Waals surface area contributed by atoms with Gasteiger partial charge in [0.25, 0.3) is 5.91 Å². The number of rotatable bonds is 3. The molecular weight excluding hydrogens is 359 g/mol. The number of halogens is 2. The maximum absolute atomic E-state index is 13.5. The van der Waals surface area contributed by atoms with Gasteiger partial charge in [0.05, 0.1) is 29.4 Å². The molecule has 1 saturated carbocycles. The highest BCUT2D eigenvalue weighted by Gasteiger charge is 2.34. The first kappa shape index (κ1) is 17.0. The lowest BCUT2D eigenvalue weighted by Crippen LogP contribution is -2.43. The van der Waals surface area contributed by atoms with Gasteiger partial charge in [0.2, 0.25) is 5.91 Å². The standard InChI is InChI=1S/C18H18ClFN4O2/c19-12-8-11(4-5-13(12)20)16-15(17(21)25)14-9-23(6-7-24(14)22-16)18(26)10-2-1-3-10/h4-5,8,10H,1-3,6-7,9H2,(H2,21,25). The molecule has 0 unspecified atom stereocenters. The molecule has 2 aromatic rings. The molecule has 8 heteroatoms. The molecule has 26 heavy (non-hydrogen) atoms. The van der Waals surface area contributed by atoms with E-state index in [-0.39, 0.29) is 22.4 Å². The van der Waals surface area contributed by atoms with Crippen molar-refractivity contribution in [2.24, 2.45) is 11.7 Å². The van der Waals surface area contributed by atoms with Gasteiger partial charge in [-0.05, 0) is 31.0 Å². The molecular formula is C18H18ClFN4O2. The first-order valence-corrected chi connectivity index (χ1v) is 8.97. The van der Waals surface area contributed by atoms with Gasteiger partial charge in [-0.1, -0.05) is 18.0 Å². The van der Waals surface area contributed by atoms with Crippen LogP contribution in [0.5, 0.6) is 0 Å². The predicted octanol–water partition coefficient (Wildman–Crippen LogP) is 2.58. The van der Waals surface area contributed by atoms with Crippen molar-refractivity contribution in [2.45, 2.75) is 32.4 Å². The quantitative estimate of drug-likeness (QED) is 0.893. The molecule has 0 atom stereocenters. The summed E-state index contributed by atoms with van der Waals surface area (Å²) in [6, 6.07) is 4.17. The molecule has 2 aliphatic rings. The van der Waals surface area contributed by atoms with Gasteiger partial charge >= 0.3 is 0 Å². The topological polar surface area (TPSA) is 81.2 Å². The smallest absolute Gasteiger partial charge is 0.252 e. The summed E-state index contributed by atoms with van der Waals surface area (Å²) < 4.78 is 15.2. The molecule has 4 rings (SSSR count). The van der Waals surface area contributed by atoms with Crippen LogP contribution in [0.2, 0.25) is 5.02 Å². The zero-order valence-electron chi connectivity index (χ0n) is 14.0. The molecule has 1 aliphatic carbocycles. The number of nitrogens with two attached hydrogens (primary N) is 1. The lowest BCUT2D eigenvalue weighted by molar-refractivity contribution is -0.139. The van der Waals surface area contributed by atoms with Crippen molar-refractivity contribution in [3.8, 4) is 11.3 Å². The molecule has 2 heterocycles. The number of carbonyl (C=O) groups excluding carboxylic acids is 2. The number of hydrogen-bond donors (Lipinski definition) is 1. The van der Waals surface area contributed by atoms with E-state index >= 15 is 0 Å². The third-order valence-corrected chi connectivity index (χ3v) is 5.48. The van der Waals surface area contributed by atoms with Crippen LogP contribution >= 0.6 is 11.6 Å². The number of fused-ring (bicyclic) bond motifs is 1. The normalized spacial score (nSPS) is 16.9. The van der Waals surface area contributed by atoms with E-state index in [1.165, 1.54) is 18.2 Å². The third-order valence-electron chi connectivity index (χ3n) is 5.19. The summed E-state index contributed by atoms with van der Waals surface area (Å²) in [5, 5.41) is 4.43. The molecule has 6 nitrogen and oxygen atoms in total. The zero-order valence-corrected chi connectivity index (χ0v) is 14.8. The number of carbonyl (C=O) groups is 2. The summed E-state index contributed by atoms with van der Waals surface area (Å²) >= 11 is 5.87. The zero-order chi connectivity index (χ0) is 18.4. The summed E-state index contributed by atoms with van der Waals surface area (Å²) in [5.41, 5.74) is 7.37. The number of amides is 2. The van der Waals surface area contributed by atoms with Crippen LogP contribution < -0.4 is 5.73 Å². The average Bonchev–Trinajstić information content (AvgIpc) is 2.94. The van der Waals surface area contributed by atoms with Crippen LogP contribution in [0.25, 0.3) is 11.3 Å². The van der Waals surface area contributed by atoms with E-state index < -0.39 is 11.7 Å². The van der Waals surface area contributed by atoms with E-state index in [0.29, 0.717) is 36.6 Å². The van der Waals surface area contributed by atoms with Gasteiger partial charge in [-0.3, -0.25) is 14.3 Å². The molecule has 136 valence electrons. The first-order valence-electron chi connectivity index (χ1n) is 8.59. The average molecular weight is 377 g/mol. The van der Waals surface area contributed by atoms with Gasteiger partial charge in [0, 0.05) is 18.0 Å². The van der Waals surface area contributed by atoms with Crippen LogP contribution in [0.15, 0.2) is 18.2 Å². The molecule has 2 N–H and O–H groups in total. The monoisotopic (exact) mass is 376 g/mol. The van der Waals surface area contributed by atoms with Gasteiger partial charge in [-0.15, -0.1) is 0 Å². The molecule has 0 saturated heterocycles. The Kier molecular flexibility index (Phi) is 4.19. The molecule has 2 amide bonds. The fourth-order valence-electron chi connectivity index (χ4n) is 3.52. The number of benzene rings is 1. The van der Waals surface area contributed by atoms with Crippen LogP contribution in [-0.4, -0.2) is 33.0 Å². The minimum Gasteiger partial charge on any atom is -0.365 e. The Morgan fingerprint density at radius 2 is 2.04 bits per heavy atom. The molecule has 0 spiro atoms. The van der Waals surface area contributed by atoms with Gasteiger partial charge in [-0.25, -0.2) is 4.39 Å². The fourth-order valence-corrected chi connectivity index (χ4v) is 3.70. The fraction of sp³-hybridized carbons (Fsp3) is 0.389. The highest BCUT2D eigenvalue weighted by Crippen LogP contribution is 2.33. The van der Waals surface area contributed by atoms with Crippen molar-refractivity contribution in [3.63, 3.8) is 0 Å². The Morgan fingerprint density at radius 3 is 2.65 bits per heavy atom. The van der Waals surface area contributed by atoms with E-state index in [9.17, 15) is 14.0 Å². The van der Waals surface area contributed by atoms with Crippen LogP contribution in [0.1, 0.15) is 35.3 Å². The summed E-state index contributed by atoms with van der Waals surface area (Å²) in [6.07, 6.45) is 2.94. The minimum atomic E-state index is -0.625. The van der Waals surface area contributed by atoms with Crippen molar-refractivity contribution in [2.75, 3.05) is 6.54 Å². The van der Waals surface area contributed by atoms with Gasteiger partial charge < -0.3 is 10.6 Å². The van der Waals surface area contributed by atoms with Gasteiger partial charge in [-0.2, -0.15) is 5.10 Å². The van der Waals surface area contributed by atoms with Crippen molar-refractivity contribution in [3.05, 3.63) is 40.3 Å². The third kappa shape index (κ3) is 2.76. The summed E-state index contributed by atoms with van der Waals surface area (Å²) in [5.74, 6) is -0.945. The Bertz CT molecular complexity index is 907. The number of primary amides is 1. The van der Waals surface area contributed by atoms with E-state index in [0.717, 1.165) is 19.3 Å². The molecule has 0 radical (unpaired) electrons. The highest BCUT2D eigenvalue weighted by molar-refractivity contribution is 6.31.